The van der Waals surface area contributed by atoms with Crippen LogP contribution >= 0.6 is 0 Å². The van der Waals surface area contributed by atoms with Crippen molar-refractivity contribution in [2.75, 3.05) is 6.61 Å². The van der Waals surface area contributed by atoms with E-state index in [-0.39, 0.29) is 6.61 Å². The van der Waals surface area contributed by atoms with Crippen LogP contribution in [0, 0.1) is 0 Å². The molecule has 1 fully saturated rings. The molecule has 1 aliphatic rings. The molecule has 1 aliphatic heterocycles. The van der Waals surface area contributed by atoms with E-state index >= 15 is 0 Å². The van der Waals surface area contributed by atoms with Gasteiger partial charge in [-0.1, -0.05) is 0 Å². The summed E-state index contributed by atoms with van der Waals surface area (Å²) in [6.45, 7) is 0.0688. The molecule has 1 rings (SSSR count). The zero-order valence-electron chi connectivity index (χ0n) is 5.34. The molecule has 0 bridgehead atoms. The van der Waals surface area contributed by atoms with Crippen LogP contribution in [0.2, 0.25) is 0 Å². The fraction of sp³-hybridized carbons (Fsp3) is 1.00. The topological polar surface area (TPSA) is 95.9 Å². The summed E-state index contributed by atoms with van der Waals surface area (Å²) >= 11 is 0. The van der Waals surface area contributed by atoms with E-state index in [9.17, 15) is 0 Å². The van der Waals surface area contributed by atoms with Crippen LogP contribution in [0.15, 0.2) is 0 Å². The Morgan fingerprint density at radius 3 is 2.30 bits per heavy atom. The number of ether oxygens (including phenoxy) is 1. The third kappa shape index (κ3) is 1.28. The number of hydrogen-bond acceptors (Lipinski definition) is 5. The molecule has 0 amide bonds. The molecule has 0 saturated carbocycles. The highest BCUT2D eigenvalue weighted by Gasteiger charge is 2.35. The summed E-state index contributed by atoms with van der Waals surface area (Å²) in [4.78, 5) is 0. The van der Waals surface area contributed by atoms with Crippen molar-refractivity contribution in [3.63, 3.8) is 0 Å². The summed E-state index contributed by atoms with van der Waals surface area (Å²) in [6.07, 6.45) is -3.69. The van der Waals surface area contributed by atoms with Crippen molar-refractivity contribution in [1.82, 2.24) is 0 Å². The largest absolute Gasteiger partial charge is 0.388 e. The van der Waals surface area contributed by atoms with E-state index in [0.29, 0.717) is 0 Å². The van der Waals surface area contributed by atoms with Crippen LogP contribution in [-0.4, -0.2) is 46.5 Å². The van der Waals surface area contributed by atoms with Gasteiger partial charge in [0.1, 0.15) is 12.2 Å². The molecule has 60 valence electrons. The lowest BCUT2D eigenvalue weighted by Crippen LogP contribution is -2.56. The van der Waals surface area contributed by atoms with Crippen LogP contribution in [0.25, 0.3) is 0 Å². The summed E-state index contributed by atoms with van der Waals surface area (Å²) in [5, 5.41) is 26.7. The number of nitrogens with two attached hydrogens (primary N) is 1. The Bertz CT molecular complexity index is 106. The van der Waals surface area contributed by atoms with E-state index in [4.69, 9.17) is 21.1 Å². The van der Waals surface area contributed by atoms with Gasteiger partial charge in [0.25, 0.3) is 0 Å². The number of rotatable bonds is 0. The maximum Gasteiger partial charge on any atom is 0.183 e. The van der Waals surface area contributed by atoms with E-state index < -0.39 is 24.5 Å². The zero-order valence-corrected chi connectivity index (χ0v) is 5.34. The van der Waals surface area contributed by atoms with Crippen molar-refractivity contribution >= 4 is 0 Å². The van der Waals surface area contributed by atoms with Gasteiger partial charge in [0.05, 0.1) is 12.6 Å². The molecule has 10 heavy (non-hydrogen) atoms. The van der Waals surface area contributed by atoms with Gasteiger partial charge < -0.3 is 25.8 Å². The zero-order chi connectivity index (χ0) is 7.72. The first-order valence-electron chi connectivity index (χ1n) is 3.04. The highest BCUT2D eigenvalue weighted by molar-refractivity contribution is 4.84. The van der Waals surface area contributed by atoms with Crippen molar-refractivity contribution in [2.45, 2.75) is 24.5 Å². The second-order valence-electron chi connectivity index (χ2n) is 2.37. The Balaban J connectivity index is 2.52. The van der Waals surface area contributed by atoms with Crippen molar-refractivity contribution in [3.8, 4) is 0 Å². The Kier molecular flexibility index (Phi) is 2.22. The third-order valence-electron chi connectivity index (χ3n) is 1.54. The first kappa shape index (κ1) is 7.90. The van der Waals surface area contributed by atoms with Gasteiger partial charge in [-0.15, -0.1) is 0 Å². The molecule has 1 heterocycles. The average molecular weight is 149 g/mol. The quantitative estimate of drug-likeness (QED) is 0.302. The second kappa shape index (κ2) is 2.81. The van der Waals surface area contributed by atoms with Crippen LogP contribution in [0.5, 0.6) is 0 Å². The van der Waals surface area contributed by atoms with Gasteiger partial charge in [-0.3, -0.25) is 0 Å². The molecule has 0 radical (unpaired) electrons. The number of aliphatic hydroxyl groups is 3. The van der Waals surface area contributed by atoms with Gasteiger partial charge in [-0.2, -0.15) is 0 Å². The Morgan fingerprint density at radius 2 is 1.80 bits per heavy atom. The smallest absolute Gasteiger partial charge is 0.183 e. The van der Waals surface area contributed by atoms with Crippen molar-refractivity contribution < 1.29 is 20.1 Å². The highest BCUT2D eigenvalue weighted by Crippen LogP contribution is 2.11. The van der Waals surface area contributed by atoms with Crippen LogP contribution in [0.3, 0.4) is 0 Å². The molecule has 5 nitrogen and oxygen atoms in total. The fourth-order valence-electron chi connectivity index (χ4n) is 0.829. The summed E-state index contributed by atoms with van der Waals surface area (Å²) in [5.41, 5.74) is 5.28. The molecule has 0 aromatic carbocycles. The number of aliphatic hydroxyl groups excluding tert-OH is 3. The lowest BCUT2D eigenvalue weighted by Gasteiger charge is -2.32. The third-order valence-corrected chi connectivity index (χ3v) is 1.54. The Hall–Kier alpha value is -0.200. The van der Waals surface area contributed by atoms with Gasteiger partial charge in [-0.05, 0) is 0 Å². The number of hydrogen-bond donors (Lipinski definition) is 4. The molecule has 1 unspecified atom stereocenters. The van der Waals surface area contributed by atoms with Crippen LogP contribution in [0.1, 0.15) is 0 Å². The van der Waals surface area contributed by atoms with Gasteiger partial charge in [-0.25, -0.2) is 0 Å². The second-order valence-corrected chi connectivity index (χ2v) is 2.37. The van der Waals surface area contributed by atoms with E-state index in [0.717, 1.165) is 0 Å². The van der Waals surface area contributed by atoms with E-state index in [1.807, 2.05) is 0 Å². The molecule has 0 aliphatic carbocycles. The minimum Gasteiger partial charge on any atom is -0.388 e. The molecule has 0 aromatic rings. The molecular weight excluding hydrogens is 138 g/mol. The van der Waals surface area contributed by atoms with E-state index in [1.165, 1.54) is 0 Å². The molecule has 0 spiro atoms. The van der Waals surface area contributed by atoms with Crippen molar-refractivity contribution in [2.24, 2.45) is 5.73 Å². The summed E-state index contributed by atoms with van der Waals surface area (Å²) in [6, 6.07) is -0.613. The first-order chi connectivity index (χ1) is 4.63. The predicted molar refractivity (Wildman–Crippen MR) is 31.9 cm³/mol. The summed E-state index contributed by atoms with van der Waals surface area (Å²) in [5.74, 6) is 0. The van der Waals surface area contributed by atoms with Gasteiger partial charge in [0.2, 0.25) is 0 Å². The van der Waals surface area contributed by atoms with Crippen molar-refractivity contribution in [3.05, 3.63) is 0 Å². The molecule has 1 saturated heterocycles. The van der Waals surface area contributed by atoms with E-state index in [1.54, 1.807) is 0 Å². The van der Waals surface area contributed by atoms with Crippen LogP contribution < -0.4 is 5.73 Å². The molecule has 4 atom stereocenters. The maximum atomic E-state index is 9.00. The summed E-state index contributed by atoms with van der Waals surface area (Å²) in [7, 11) is 0. The molecule has 0 aromatic heterocycles. The normalized spacial score (nSPS) is 49.2. The predicted octanol–water partition coefficient (Wildman–Crippen LogP) is -2.62. The van der Waals surface area contributed by atoms with Gasteiger partial charge >= 0.3 is 0 Å². The Labute approximate surface area is 58.0 Å². The molecular formula is C5H11NO4. The fourth-order valence-corrected chi connectivity index (χ4v) is 0.829. The first-order valence-corrected chi connectivity index (χ1v) is 3.04. The van der Waals surface area contributed by atoms with Crippen LogP contribution in [0.4, 0.5) is 0 Å². The average Bonchev–Trinajstić information content (AvgIpc) is 1.93. The SMILES string of the molecule is N[C@@H]1COC(O)[C@H](O)[C@H]1O. The van der Waals surface area contributed by atoms with E-state index in [2.05, 4.69) is 4.74 Å². The lowest BCUT2D eigenvalue weighted by molar-refractivity contribution is -0.225. The molecule has 5 heteroatoms. The van der Waals surface area contributed by atoms with Gasteiger partial charge in [0, 0.05) is 0 Å². The monoisotopic (exact) mass is 149 g/mol. The van der Waals surface area contributed by atoms with Gasteiger partial charge in [0.15, 0.2) is 6.29 Å². The maximum absolute atomic E-state index is 9.00. The highest BCUT2D eigenvalue weighted by atomic mass is 16.6. The van der Waals surface area contributed by atoms with Crippen LogP contribution in [-0.2, 0) is 4.74 Å². The lowest BCUT2D eigenvalue weighted by atomic mass is 10.0. The Morgan fingerprint density at radius 1 is 1.20 bits per heavy atom. The standard InChI is InChI=1S/C5H11NO4/c6-2-1-10-5(9)4(8)3(2)7/h2-5,7-9H,1,6H2/t2-,3+,4-,5?/m1/s1. The van der Waals surface area contributed by atoms with Crippen molar-refractivity contribution in [1.29, 1.82) is 0 Å². The summed E-state index contributed by atoms with van der Waals surface area (Å²) < 4.78 is 4.59. The minimum atomic E-state index is -1.31. The minimum absolute atomic E-state index is 0.0688. The molecule has 5 N–H and O–H groups in total.